The summed E-state index contributed by atoms with van der Waals surface area (Å²) in [5.41, 5.74) is 7.34. The van der Waals surface area contributed by atoms with Gasteiger partial charge in [-0.1, -0.05) is 54.6 Å². The molecule has 2 amide bonds. The highest BCUT2D eigenvalue weighted by atomic mass is 16.5. The van der Waals surface area contributed by atoms with Gasteiger partial charge >= 0.3 is 5.97 Å². The van der Waals surface area contributed by atoms with Crippen LogP contribution in [0.15, 0.2) is 54.6 Å². The highest BCUT2D eigenvalue weighted by molar-refractivity contribution is 5.95. The third-order valence-corrected chi connectivity index (χ3v) is 7.97. The fourth-order valence-electron chi connectivity index (χ4n) is 5.95. The maximum Gasteiger partial charge on any atom is 0.332 e. The quantitative estimate of drug-likeness (QED) is 0.490. The van der Waals surface area contributed by atoms with Crippen LogP contribution in [0.1, 0.15) is 75.5 Å². The van der Waals surface area contributed by atoms with E-state index in [0.29, 0.717) is 25.8 Å². The Balaban J connectivity index is 1.70. The minimum absolute atomic E-state index is 0.136. The van der Waals surface area contributed by atoms with Gasteiger partial charge in [-0.2, -0.15) is 0 Å². The summed E-state index contributed by atoms with van der Waals surface area (Å²) >= 11 is 0. The van der Waals surface area contributed by atoms with E-state index in [1.165, 1.54) is 11.1 Å². The number of rotatable bonds is 9. The first-order valence-electron chi connectivity index (χ1n) is 13.9. The molecule has 7 heteroatoms. The zero-order valence-corrected chi connectivity index (χ0v) is 22.9. The lowest BCUT2D eigenvalue weighted by molar-refractivity contribution is -0.168. The van der Waals surface area contributed by atoms with Crippen molar-refractivity contribution in [2.45, 2.75) is 88.8 Å². The highest BCUT2D eigenvalue weighted by Crippen LogP contribution is 2.38. The molecule has 0 radical (unpaired) electrons. The first-order chi connectivity index (χ1) is 18.2. The summed E-state index contributed by atoms with van der Waals surface area (Å²) in [5, 5.41) is 2.98. The van der Waals surface area contributed by atoms with Crippen molar-refractivity contribution >= 4 is 17.8 Å². The molecule has 0 saturated carbocycles. The van der Waals surface area contributed by atoms with Gasteiger partial charge in [-0.3, -0.25) is 9.59 Å². The lowest BCUT2D eigenvalue weighted by Crippen LogP contribution is -2.65. The molecule has 0 aromatic heterocycles. The number of nitrogens with one attached hydrogen (secondary N) is 1. The van der Waals surface area contributed by atoms with Crippen LogP contribution in [0, 0.1) is 0 Å². The monoisotopic (exact) mass is 519 g/mol. The van der Waals surface area contributed by atoms with Crippen molar-refractivity contribution in [2.75, 3.05) is 13.2 Å². The van der Waals surface area contributed by atoms with Crippen LogP contribution in [0.3, 0.4) is 0 Å². The van der Waals surface area contributed by atoms with E-state index in [1.807, 2.05) is 42.5 Å². The molecule has 0 spiro atoms. The van der Waals surface area contributed by atoms with E-state index in [0.717, 1.165) is 31.2 Å². The molecule has 0 bridgehead atoms. The molecular weight excluding hydrogens is 478 g/mol. The van der Waals surface area contributed by atoms with Gasteiger partial charge < -0.3 is 20.7 Å². The largest absolute Gasteiger partial charge is 0.464 e. The normalized spacial score (nSPS) is 21.9. The number of hydrogen-bond acceptors (Lipinski definition) is 5. The van der Waals surface area contributed by atoms with Crippen LogP contribution < -0.4 is 11.1 Å². The van der Waals surface area contributed by atoms with Crippen LogP contribution in [0.25, 0.3) is 0 Å². The summed E-state index contributed by atoms with van der Waals surface area (Å²) in [5.74, 6) is -0.871. The Kier molecular flexibility index (Phi) is 8.56. The molecule has 1 aliphatic carbocycles. The molecule has 1 saturated heterocycles. The van der Waals surface area contributed by atoms with Gasteiger partial charge in [0.15, 0.2) is 0 Å². The Morgan fingerprint density at radius 1 is 1.11 bits per heavy atom. The third-order valence-electron chi connectivity index (χ3n) is 7.97. The van der Waals surface area contributed by atoms with Crippen LogP contribution >= 0.6 is 0 Å². The third kappa shape index (κ3) is 5.93. The Morgan fingerprint density at radius 3 is 2.53 bits per heavy atom. The van der Waals surface area contributed by atoms with Gasteiger partial charge in [-0.25, -0.2) is 4.79 Å². The maximum atomic E-state index is 14.4. The molecule has 1 heterocycles. The summed E-state index contributed by atoms with van der Waals surface area (Å²) in [4.78, 5) is 42.8. The average molecular weight is 520 g/mol. The van der Waals surface area contributed by atoms with E-state index in [9.17, 15) is 14.4 Å². The molecule has 3 unspecified atom stereocenters. The Labute approximate surface area is 226 Å². The minimum Gasteiger partial charge on any atom is -0.464 e. The van der Waals surface area contributed by atoms with Gasteiger partial charge in [0.1, 0.15) is 11.6 Å². The van der Waals surface area contributed by atoms with Gasteiger partial charge in [0.25, 0.3) is 0 Å². The molecule has 2 aromatic rings. The molecule has 3 N–H and O–H groups in total. The zero-order valence-electron chi connectivity index (χ0n) is 22.9. The van der Waals surface area contributed by atoms with E-state index in [2.05, 4.69) is 17.4 Å². The molecule has 1 aliphatic heterocycles. The van der Waals surface area contributed by atoms with E-state index < -0.39 is 17.1 Å². The number of hydrogen-bond donors (Lipinski definition) is 2. The second-order valence-electron chi connectivity index (χ2n) is 11.3. The number of aryl methyl sites for hydroxylation is 1. The Hall–Kier alpha value is -3.19. The number of fused-ring (bicyclic) bond motifs is 1. The van der Waals surface area contributed by atoms with Crippen LogP contribution in [-0.4, -0.2) is 53.0 Å². The molecule has 4 rings (SSSR count). The Morgan fingerprint density at radius 2 is 1.82 bits per heavy atom. The van der Waals surface area contributed by atoms with Crippen molar-refractivity contribution in [3.8, 4) is 0 Å². The van der Waals surface area contributed by atoms with Gasteiger partial charge in [-0.15, -0.1) is 0 Å². The summed E-state index contributed by atoms with van der Waals surface area (Å²) in [6.45, 7) is 5.72. The Bertz CT molecular complexity index is 1140. The van der Waals surface area contributed by atoms with Crippen LogP contribution in [0.5, 0.6) is 0 Å². The SMILES string of the molecule is CCOC(=O)C1(Cc2ccccc2)CCCCN1C(=O)C(CC1CCc2ccccc21)NC(=O)C(C)(C)N. The maximum absolute atomic E-state index is 14.4. The van der Waals surface area contributed by atoms with Crippen LogP contribution in [-0.2, 0) is 32.0 Å². The van der Waals surface area contributed by atoms with Crippen LogP contribution in [0.4, 0.5) is 0 Å². The molecule has 3 atom stereocenters. The lowest BCUT2D eigenvalue weighted by atomic mass is 9.80. The predicted octanol–water partition coefficient (Wildman–Crippen LogP) is 3.89. The molecule has 204 valence electrons. The predicted molar refractivity (Wildman–Crippen MR) is 147 cm³/mol. The number of piperidine rings is 1. The standard InChI is InChI=1S/C31H41N3O4/c1-4-38-29(37)31(21-22-12-6-5-7-13-22)18-10-11-19-34(31)27(35)26(33-28(36)30(2,3)32)20-24-17-16-23-14-8-9-15-25(23)24/h5-9,12-15,24,26H,4,10-11,16-21,32H2,1-3H3,(H,33,36). The van der Waals surface area contributed by atoms with Crippen LogP contribution in [0.2, 0.25) is 0 Å². The van der Waals surface area contributed by atoms with Crippen molar-refractivity contribution in [3.63, 3.8) is 0 Å². The van der Waals surface area contributed by atoms with E-state index in [4.69, 9.17) is 10.5 Å². The number of amides is 2. The number of esters is 1. The summed E-state index contributed by atoms with van der Waals surface area (Å²) in [6.07, 6.45) is 4.81. The number of ether oxygens (including phenoxy) is 1. The number of benzene rings is 2. The van der Waals surface area contributed by atoms with Gasteiger partial charge in [0.2, 0.25) is 11.8 Å². The number of carbonyl (C=O) groups excluding carboxylic acids is 3. The molecule has 1 fully saturated rings. The lowest BCUT2D eigenvalue weighted by Gasteiger charge is -2.46. The van der Waals surface area contributed by atoms with Crippen molar-refractivity contribution < 1.29 is 19.1 Å². The molecule has 7 nitrogen and oxygen atoms in total. The second kappa shape index (κ2) is 11.7. The number of nitrogens with two attached hydrogens (primary N) is 1. The van der Waals surface area contributed by atoms with Crippen molar-refractivity contribution in [2.24, 2.45) is 5.73 Å². The van der Waals surface area contributed by atoms with Gasteiger partial charge in [-0.05, 0) is 81.9 Å². The van der Waals surface area contributed by atoms with Crippen molar-refractivity contribution in [1.29, 1.82) is 0 Å². The molecule has 2 aromatic carbocycles. The van der Waals surface area contributed by atoms with E-state index in [1.54, 1.807) is 25.7 Å². The smallest absolute Gasteiger partial charge is 0.332 e. The highest BCUT2D eigenvalue weighted by Gasteiger charge is 2.51. The first kappa shape index (κ1) is 27.8. The fraction of sp³-hybridized carbons (Fsp3) is 0.516. The zero-order chi connectivity index (χ0) is 27.3. The molecule has 2 aliphatic rings. The topological polar surface area (TPSA) is 102 Å². The summed E-state index contributed by atoms with van der Waals surface area (Å²) in [6, 6.07) is 17.3. The minimum atomic E-state index is -1.14. The summed E-state index contributed by atoms with van der Waals surface area (Å²) < 4.78 is 5.59. The second-order valence-corrected chi connectivity index (χ2v) is 11.3. The van der Waals surface area contributed by atoms with Crippen molar-refractivity contribution in [3.05, 3.63) is 71.3 Å². The number of likely N-dealkylation sites (tertiary alicyclic amines) is 1. The van der Waals surface area contributed by atoms with Crippen molar-refractivity contribution in [1.82, 2.24) is 10.2 Å². The number of nitrogens with zero attached hydrogens (tertiary/aromatic N) is 1. The van der Waals surface area contributed by atoms with Gasteiger partial charge in [0.05, 0.1) is 12.1 Å². The average Bonchev–Trinajstić information content (AvgIpc) is 3.31. The molecular formula is C31H41N3O4. The first-order valence-corrected chi connectivity index (χ1v) is 13.9. The fourth-order valence-corrected chi connectivity index (χ4v) is 5.95. The van der Waals surface area contributed by atoms with E-state index in [-0.39, 0.29) is 30.3 Å². The van der Waals surface area contributed by atoms with Gasteiger partial charge in [0, 0.05) is 13.0 Å². The number of carbonyl (C=O) groups is 3. The van der Waals surface area contributed by atoms with E-state index >= 15 is 0 Å². The molecule has 38 heavy (non-hydrogen) atoms. The summed E-state index contributed by atoms with van der Waals surface area (Å²) in [7, 11) is 0.